The summed E-state index contributed by atoms with van der Waals surface area (Å²) < 4.78 is 0. The lowest BCUT2D eigenvalue weighted by Crippen LogP contribution is -2.54. The predicted molar refractivity (Wildman–Crippen MR) is 122 cm³/mol. The van der Waals surface area contributed by atoms with E-state index >= 15 is 0 Å². The van der Waals surface area contributed by atoms with Gasteiger partial charge in [0.25, 0.3) is 0 Å². The van der Waals surface area contributed by atoms with Gasteiger partial charge >= 0.3 is 0 Å². The normalized spacial score (nSPS) is 43.9. The molecule has 0 aliphatic heterocycles. The molecule has 0 aromatic rings. The van der Waals surface area contributed by atoms with Crippen molar-refractivity contribution in [3.05, 3.63) is 23.8 Å². The van der Waals surface area contributed by atoms with Crippen LogP contribution in [-0.4, -0.2) is 27.9 Å². The fraction of sp³-hybridized carbons (Fsp3) is 0.815. The first kappa shape index (κ1) is 23.2. The lowest BCUT2D eigenvalue weighted by molar-refractivity contribution is -0.297. The van der Waals surface area contributed by atoms with Crippen LogP contribution in [0.25, 0.3) is 0 Å². The summed E-state index contributed by atoms with van der Waals surface area (Å²) in [6.07, 6.45) is 13.9. The molecule has 31 heavy (non-hydrogen) atoms. The van der Waals surface area contributed by atoms with Crippen molar-refractivity contribution in [2.24, 2.45) is 40.4 Å². The van der Waals surface area contributed by atoms with E-state index in [1.165, 1.54) is 25.7 Å². The maximum Gasteiger partial charge on any atom is 0.155 e. The molecule has 4 aliphatic carbocycles. The highest BCUT2D eigenvalue weighted by Gasteiger charge is 2.60. The molecule has 2 N–H and O–H groups in total. The first-order chi connectivity index (χ1) is 14.5. The van der Waals surface area contributed by atoms with Gasteiger partial charge in [-0.05, 0) is 111 Å². The van der Waals surface area contributed by atoms with Crippen LogP contribution in [-0.2, 0) is 9.68 Å². The maximum absolute atomic E-state index is 12.1. The first-order valence-corrected chi connectivity index (χ1v) is 12.4. The molecule has 0 bridgehead atoms. The summed E-state index contributed by atoms with van der Waals surface area (Å²) in [5.74, 6) is 3.32. The molecular weight excluding hydrogens is 388 g/mol. The molecule has 3 saturated carbocycles. The van der Waals surface area contributed by atoms with Gasteiger partial charge in [-0.25, -0.2) is 4.89 Å². The number of ketones is 1. The highest BCUT2D eigenvalue weighted by molar-refractivity contribution is 5.91. The Balaban J connectivity index is 1.52. The summed E-state index contributed by atoms with van der Waals surface area (Å²) in [4.78, 5) is 16.6. The molecule has 4 nitrogen and oxygen atoms in total. The van der Waals surface area contributed by atoms with Gasteiger partial charge in [0.2, 0.25) is 0 Å². The monoisotopic (exact) mass is 430 g/mol. The van der Waals surface area contributed by atoms with Crippen LogP contribution in [0.15, 0.2) is 23.8 Å². The lowest BCUT2D eigenvalue weighted by atomic mass is 9.46. The largest absolute Gasteiger partial charge is 0.389 e. The zero-order chi connectivity index (χ0) is 22.6. The van der Waals surface area contributed by atoms with Crippen LogP contribution < -0.4 is 0 Å². The van der Waals surface area contributed by atoms with Gasteiger partial charge in [0, 0.05) is 6.42 Å². The van der Waals surface area contributed by atoms with Crippen molar-refractivity contribution in [2.75, 3.05) is 0 Å². The molecule has 0 heterocycles. The average molecular weight is 431 g/mol. The maximum atomic E-state index is 12.1. The summed E-state index contributed by atoms with van der Waals surface area (Å²) >= 11 is 0. The fourth-order valence-corrected chi connectivity index (χ4v) is 8.34. The second-order valence-electron chi connectivity index (χ2n) is 12.2. The summed E-state index contributed by atoms with van der Waals surface area (Å²) in [5.41, 5.74) is 0.731. The Kier molecular flexibility index (Phi) is 6.07. The minimum Gasteiger partial charge on any atom is -0.389 e. The number of hydrogen-bond donors (Lipinski definition) is 2. The molecule has 0 amide bonds. The fourth-order valence-electron chi connectivity index (χ4n) is 8.34. The van der Waals surface area contributed by atoms with E-state index in [2.05, 4.69) is 31.7 Å². The third-order valence-electron chi connectivity index (χ3n) is 10.00. The third-order valence-corrected chi connectivity index (χ3v) is 10.00. The van der Waals surface area contributed by atoms with E-state index in [1.807, 2.05) is 19.9 Å². The van der Waals surface area contributed by atoms with Gasteiger partial charge in [-0.15, -0.1) is 0 Å². The third kappa shape index (κ3) is 3.87. The summed E-state index contributed by atoms with van der Waals surface area (Å²) in [6.45, 7) is 11.0. The van der Waals surface area contributed by atoms with Gasteiger partial charge in [-0.2, -0.15) is 0 Å². The Hall–Kier alpha value is -0.970. The van der Waals surface area contributed by atoms with E-state index in [9.17, 15) is 9.90 Å². The molecule has 4 rings (SSSR count). The zero-order valence-corrected chi connectivity index (χ0v) is 20.1. The van der Waals surface area contributed by atoms with Crippen LogP contribution in [0.2, 0.25) is 0 Å². The van der Waals surface area contributed by atoms with E-state index in [1.54, 1.807) is 6.08 Å². The Morgan fingerprint density at radius 3 is 2.68 bits per heavy atom. The second kappa shape index (κ2) is 8.11. The molecule has 0 spiro atoms. The van der Waals surface area contributed by atoms with Crippen molar-refractivity contribution in [1.82, 2.24) is 0 Å². The number of carbonyl (C=O) groups excluding carboxylic acids is 1. The van der Waals surface area contributed by atoms with Crippen LogP contribution in [0.1, 0.15) is 86.0 Å². The lowest BCUT2D eigenvalue weighted by Gasteiger charge is -2.59. The number of aliphatic hydroxyl groups excluding tert-OH is 1. The molecule has 4 heteroatoms. The number of allylic oxidation sites excluding steroid dienone is 1. The van der Waals surface area contributed by atoms with E-state index in [-0.39, 0.29) is 11.2 Å². The molecule has 0 saturated heterocycles. The molecule has 0 aromatic heterocycles. The van der Waals surface area contributed by atoms with Crippen LogP contribution in [0.4, 0.5) is 0 Å². The SMILES string of the molecule is C[C@H](C/C=C/C(C)(C)OO)[C@H]1CCC2C3C[C@@H](O)C4=CC(=O)CC[C@]4(C)C3CC[C@@]21C. The highest BCUT2D eigenvalue weighted by Crippen LogP contribution is 2.67. The quantitative estimate of drug-likeness (QED) is 0.321. The predicted octanol–water partition coefficient (Wildman–Crippen LogP) is 5.96. The van der Waals surface area contributed by atoms with Crippen LogP contribution in [0.5, 0.6) is 0 Å². The van der Waals surface area contributed by atoms with Crippen molar-refractivity contribution in [1.29, 1.82) is 0 Å². The number of carbonyl (C=O) groups is 1. The van der Waals surface area contributed by atoms with Crippen molar-refractivity contribution in [2.45, 2.75) is 97.7 Å². The van der Waals surface area contributed by atoms with Gasteiger partial charge in [-0.3, -0.25) is 10.1 Å². The Morgan fingerprint density at radius 1 is 1.23 bits per heavy atom. The van der Waals surface area contributed by atoms with Crippen molar-refractivity contribution in [3.63, 3.8) is 0 Å². The molecule has 0 radical (unpaired) electrons. The molecule has 3 fully saturated rings. The highest BCUT2D eigenvalue weighted by atomic mass is 17.1. The minimum atomic E-state index is -0.639. The zero-order valence-electron chi connectivity index (χ0n) is 20.1. The van der Waals surface area contributed by atoms with Gasteiger partial charge in [0.05, 0.1) is 6.10 Å². The van der Waals surface area contributed by atoms with E-state index in [0.717, 1.165) is 24.8 Å². The van der Waals surface area contributed by atoms with Gasteiger partial charge in [-0.1, -0.05) is 32.9 Å². The summed E-state index contributed by atoms with van der Waals surface area (Å²) in [6, 6.07) is 0. The van der Waals surface area contributed by atoms with Crippen molar-refractivity contribution >= 4 is 5.78 Å². The smallest absolute Gasteiger partial charge is 0.155 e. The molecule has 3 unspecified atom stereocenters. The van der Waals surface area contributed by atoms with E-state index < -0.39 is 11.7 Å². The van der Waals surface area contributed by atoms with E-state index in [4.69, 9.17) is 5.26 Å². The molecular formula is C27H42O4. The summed E-state index contributed by atoms with van der Waals surface area (Å²) in [5, 5.41) is 20.1. The van der Waals surface area contributed by atoms with Crippen LogP contribution in [0, 0.1) is 40.4 Å². The standard InChI is InChI=1S/C27H42O4/c1-17(7-6-12-25(2,3)31-30)20-8-9-21-19-16-24(29)23-15-18(28)10-13-27(23,5)22(19)11-14-26(20,21)4/h6,12,15,17,19-22,24,29-30H,7-11,13-14,16H2,1-5H3/b12-6+/t17-,19?,20-,21?,22?,24-,26-,27-/m1/s1. The van der Waals surface area contributed by atoms with Crippen LogP contribution >= 0.6 is 0 Å². The second-order valence-corrected chi connectivity index (χ2v) is 12.2. The van der Waals surface area contributed by atoms with Gasteiger partial charge < -0.3 is 5.11 Å². The number of rotatable bonds is 5. The average Bonchev–Trinajstić information content (AvgIpc) is 3.07. The number of hydrogen-bond acceptors (Lipinski definition) is 4. The number of fused-ring (bicyclic) bond motifs is 5. The number of aliphatic hydroxyl groups is 1. The van der Waals surface area contributed by atoms with Crippen molar-refractivity contribution in [3.8, 4) is 0 Å². The Morgan fingerprint density at radius 2 is 1.97 bits per heavy atom. The molecule has 174 valence electrons. The Bertz CT molecular complexity index is 767. The van der Waals surface area contributed by atoms with Gasteiger partial charge in [0.15, 0.2) is 5.78 Å². The van der Waals surface area contributed by atoms with Crippen LogP contribution in [0.3, 0.4) is 0 Å². The first-order valence-electron chi connectivity index (χ1n) is 12.4. The Labute approximate surface area is 188 Å². The molecule has 0 aromatic carbocycles. The topological polar surface area (TPSA) is 66.8 Å². The van der Waals surface area contributed by atoms with E-state index in [0.29, 0.717) is 41.4 Å². The molecule has 4 aliphatic rings. The minimum absolute atomic E-state index is 0.000108. The molecule has 8 atom stereocenters. The van der Waals surface area contributed by atoms with Crippen molar-refractivity contribution < 1.29 is 20.0 Å². The summed E-state index contributed by atoms with van der Waals surface area (Å²) in [7, 11) is 0. The van der Waals surface area contributed by atoms with Gasteiger partial charge in [0.1, 0.15) is 5.60 Å².